The van der Waals surface area contributed by atoms with E-state index in [4.69, 9.17) is 4.74 Å². The van der Waals surface area contributed by atoms with Crippen molar-refractivity contribution in [2.75, 3.05) is 6.61 Å². The van der Waals surface area contributed by atoms with E-state index < -0.39 is 11.8 Å². The summed E-state index contributed by atoms with van der Waals surface area (Å²) in [6, 6.07) is 5.91. The van der Waals surface area contributed by atoms with E-state index in [1.807, 2.05) is 32.0 Å². The largest absolute Gasteiger partial charge is 0.460 e. The number of aryl methyl sites for hydroxylation is 2. The van der Waals surface area contributed by atoms with Gasteiger partial charge >= 0.3 is 5.97 Å². The topological polar surface area (TPSA) is 43.4 Å². The maximum atomic E-state index is 12.0. The van der Waals surface area contributed by atoms with Crippen molar-refractivity contribution in [3.63, 3.8) is 0 Å². The van der Waals surface area contributed by atoms with Gasteiger partial charge in [0.05, 0.1) is 11.5 Å². The Kier molecular flexibility index (Phi) is 3.48. The second-order valence-electron chi connectivity index (χ2n) is 4.05. The van der Waals surface area contributed by atoms with Crippen molar-refractivity contribution < 1.29 is 14.3 Å². The van der Waals surface area contributed by atoms with Gasteiger partial charge in [0.25, 0.3) is 5.78 Å². The van der Waals surface area contributed by atoms with E-state index in [0.717, 1.165) is 21.2 Å². The minimum absolute atomic E-state index is 0.216. The van der Waals surface area contributed by atoms with Crippen LogP contribution >= 0.6 is 11.3 Å². The standard InChI is InChI=1S/C14H14O3S/c1-4-17-14(16)12(15)13-9(3)11-8(2)6-5-7-10(11)18-13/h5-7H,4H2,1-3H3. The monoisotopic (exact) mass is 262 g/mol. The molecule has 0 unspecified atom stereocenters. The first kappa shape index (κ1) is 12.8. The molecule has 4 heteroatoms. The predicted molar refractivity (Wildman–Crippen MR) is 72.3 cm³/mol. The Bertz CT molecular complexity index is 625. The molecule has 2 rings (SSSR count). The number of carbonyl (C=O) groups is 2. The molecule has 0 spiro atoms. The van der Waals surface area contributed by atoms with E-state index in [2.05, 4.69) is 0 Å². The maximum absolute atomic E-state index is 12.0. The van der Waals surface area contributed by atoms with E-state index in [1.54, 1.807) is 6.92 Å². The number of thiophene rings is 1. The van der Waals surface area contributed by atoms with Crippen LogP contribution in [0.2, 0.25) is 0 Å². The van der Waals surface area contributed by atoms with Crippen LogP contribution < -0.4 is 0 Å². The Morgan fingerprint density at radius 3 is 2.61 bits per heavy atom. The van der Waals surface area contributed by atoms with Crippen LogP contribution in [0, 0.1) is 13.8 Å². The van der Waals surface area contributed by atoms with Gasteiger partial charge in [0.2, 0.25) is 0 Å². The SMILES string of the molecule is CCOC(=O)C(=O)c1sc2cccc(C)c2c1C. The first-order valence-electron chi connectivity index (χ1n) is 5.76. The van der Waals surface area contributed by atoms with Gasteiger partial charge in [-0.2, -0.15) is 0 Å². The number of ketones is 1. The van der Waals surface area contributed by atoms with Crippen molar-refractivity contribution in [3.8, 4) is 0 Å². The van der Waals surface area contributed by atoms with Crippen molar-refractivity contribution in [3.05, 3.63) is 34.2 Å². The zero-order valence-electron chi connectivity index (χ0n) is 10.6. The molecule has 0 fully saturated rings. The predicted octanol–water partition coefficient (Wildman–Crippen LogP) is 3.26. The summed E-state index contributed by atoms with van der Waals surface area (Å²) in [6.07, 6.45) is 0. The number of hydrogen-bond acceptors (Lipinski definition) is 4. The van der Waals surface area contributed by atoms with Crippen LogP contribution in [0.15, 0.2) is 18.2 Å². The third kappa shape index (κ3) is 2.04. The number of benzene rings is 1. The first-order chi connectivity index (χ1) is 8.56. The lowest BCUT2D eigenvalue weighted by atomic mass is 10.1. The van der Waals surface area contributed by atoms with Crippen LogP contribution in [0.25, 0.3) is 10.1 Å². The van der Waals surface area contributed by atoms with Crippen molar-refractivity contribution >= 4 is 33.2 Å². The molecule has 1 heterocycles. The molecule has 18 heavy (non-hydrogen) atoms. The minimum Gasteiger partial charge on any atom is -0.460 e. The number of Topliss-reactive ketones (excluding diaryl/α,β-unsaturated/α-hetero) is 1. The van der Waals surface area contributed by atoms with Gasteiger partial charge in [0.15, 0.2) is 0 Å². The molecule has 0 radical (unpaired) electrons. The van der Waals surface area contributed by atoms with Crippen LogP contribution in [0.1, 0.15) is 27.7 Å². The lowest BCUT2D eigenvalue weighted by molar-refractivity contribution is -0.137. The lowest BCUT2D eigenvalue weighted by Gasteiger charge is -2.00. The number of hydrogen-bond donors (Lipinski definition) is 0. The Morgan fingerprint density at radius 2 is 2.00 bits per heavy atom. The highest BCUT2D eigenvalue weighted by Crippen LogP contribution is 2.33. The molecule has 0 aliphatic heterocycles. The van der Waals surface area contributed by atoms with E-state index in [1.165, 1.54) is 11.3 Å². The average Bonchev–Trinajstić information content (AvgIpc) is 2.67. The molecule has 2 aromatic rings. The highest BCUT2D eigenvalue weighted by molar-refractivity contribution is 7.21. The fraction of sp³-hybridized carbons (Fsp3) is 0.286. The lowest BCUT2D eigenvalue weighted by Crippen LogP contribution is -2.17. The quantitative estimate of drug-likeness (QED) is 0.484. The Hall–Kier alpha value is -1.68. The zero-order chi connectivity index (χ0) is 13.3. The van der Waals surface area contributed by atoms with E-state index in [-0.39, 0.29) is 6.61 Å². The highest BCUT2D eigenvalue weighted by Gasteiger charge is 2.23. The molecule has 0 saturated carbocycles. The molecule has 0 saturated heterocycles. The van der Waals surface area contributed by atoms with E-state index in [0.29, 0.717) is 4.88 Å². The van der Waals surface area contributed by atoms with Crippen molar-refractivity contribution in [2.45, 2.75) is 20.8 Å². The fourth-order valence-electron chi connectivity index (χ4n) is 2.01. The summed E-state index contributed by atoms with van der Waals surface area (Å²) in [7, 11) is 0. The Labute approximate surface area is 109 Å². The fourth-order valence-corrected chi connectivity index (χ4v) is 3.23. The van der Waals surface area contributed by atoms with Crippen LogP contribution in [-0.4, -0.2) is 18.4 Å². The summed E-state index contributed by atoms with van der Waals surface area (Å²) in [5.41, 5.74) is 1.98. The van der Waals surface area contributed by atoms with Crippen LogP contribution in [0.5, 0.6) is 0 Å². The molecular weight excluding hydrogens is 248 g/mol. The zero-order valence-corrected chi connectivity index (χ0v) is 11.4. The molecule has 1 aromatic heterocycles. The molecule has 3 nitrogen and oxygen atoms in total. The van der Waals surface area contributed by atoms with Gasteiger partial charge in [-0.05, 0) is 43.4 Å². The number of carbonyl (C=O) groups excluding carboxylic acids is 2. The maximum Gasteiger partial charge on any atom is 0.380 e. The van der Waals surface area contributed by atoms with Gasteiger partial charge in [-0.3, -0.25) is 4.79 Å². The second-order valence-corrected chi connectivity index (χ2v) is 5.11. The third-order valence-corrected chi connectivity index (χ3v) is 4.09. The number of esters is 1. The highest BCUT2D eigenvalue weighted by atomic mass is 32.1. The molecular formula is C14H14O3S. The molecule has 94 valence electrons. The normalized spacial score (nSPS) is 10.6. The minimum atomic E-state index is -0.773. The Balaban J connectivity index is 2.53. The summed E-state index contributed by atoms with van der Waals surface area (Å²) in [4.78, 5) is 23.9. The van der Waals surface area contributed by atoms with Crippen molar-refractivity contribution in [2.24, 2.45) is 0 Å². The smallest absolute Gasteiger partial charge is 0.380 e. The average molecular weight is 262 g/mol. The Morgan fingerprint density at radius 1 is 1.28 bits per heavy atom. The van der Waals surface area contributed by atoms with Crippen LogP contribution in [0.3, 0.4) is 0 Å². The summed E-state index contributed by atoms with van der Waals surface area (Å²) in [6.45, 7) is 5.78. The molecule has 0 atom stereocenters. The van der Waals surface area contributed by atoms with Gasteiger partial charge in [-0.1, -0.05) is 12.1 Å². The van der Waals surface area contributed by atoms with E-state index >= 15 is 0 Å². The van der Waals surface area contributed by atoms with Gasteiger partial charge < -0.3 is 4.74 Å². The molecule has 1 aromatic carbocycles. The number of ether oxygens (including phenoxy) is 1. The summed E-state index contributed by atoms with van der Waals surface area (Å²) < 4.78 is 5.79. The number of rotatable bonds is 3. The summed E-state index contributed by atoms with van der Waals surface area (Å²) in [5, 5.41) is 1.06. The van der Waals surface area contributed by atoms with Crippen molar-refractivity contribution in [1.29, 1.82) is 0 Å². The van der Waals surface area contributed by atoms with Gasteiger partial charge in [0.1, 0.15) is 0 Å². The molecule has 0 N–H and O–H groups in total. The van der Waals surface area contributed by atoms with Crippen LogP contribution in [0.4, 0.5) is 0 Å². The second kappa shape index (κ2) is 4.90. The molecule has 0 aliphatic rings. The van der Waals surface area contributed by atoms with Gasteiger partial charge in [-0.25, -0.2) is 4.79 Å². The van der Waals surface area contributed by atoms with Gasteiger partial charge in [0, 0.05) is 4.70 Å². The molecule has 0 amide bonds. The van der Waals surface area contributed by atoms with Crippen LogP contribution in [-0.2, 0) is 9.53 Å². The summed E-state index contributed by atoms with van der Waals surface area (Å²) >= 11 is 1.35. The summed E-state index contributed by atoms with van der Waals surface area (Å²) in [5.74, 6) is -1.32. The third-order valence-electron chi connectivity index (χ3n) is 2.83. The molecule has 0 aliphatic carbocycles. The van der Waals surface area contributed by atoms with Crippen molar-refractivity contribution in [1.82, 2.24) is 0 Å². The number of fused-ring (bicyclic) bond motifs is 1. The first-order valence-corrected chi connectivity index (χ1v) is 6.58. The van der Waals surface area contributed by atoms with E-state index in [9.17, 15) is 9.59 Å². The molecule has 0 bridgehead atoms. The van der Waals surface area contributed by atoms with Gasteiger partial charge in [-0.15, -0.1) is 11.3 Å².